The van der Waals surface area contributed by atoms with Gasteiger partial charge >= 0.3 is 5.97 Å². The minimum atomic E-state index is -0.377. The molecular weight excluding hydrogens is 158 g/mol. The van der Waals surface area contributed by atoms with Gasteiger partial charge in [-0.2, -0.15) is 0 Å². The predicted molar refractivity (Wildman–Crippen MR) is 42.4 cm³/mol. The van der Waals surface area contributed by atoms with E-state index in [0.29, 0.717) is 6.42 Å². The fourth-order valence-electron chi connectivity index (χ4n) is 1.49. The number of rotatable bonds is 1. The Balaban J connectivity index is 2.71. The van der Waals surface area contributed by atoms with E-state index in [1.165, 1.54) is 12.0 Å². The third-order valence-electron chi connectivity index (χ3n) is 2.29. The van der Waals surface area contributed by atoms with E-state index >= 15 is 0 Å². The molecule has 0 bridgehead atoms. The van der Waals surface area contributed by atoms with Crippen LogP contribution in [0.5, 0.6) is 0 Å². The molecule has 12 heavy (non-hydrogen) atoms. The zero-order valence-corrected chi connectivity index (χ0v) is 7.53. The van der Waals surface area contributed by atoms with Crippen LogP contribution in [0.4, 0.5) is 0 Å². The number of ether oxygens (including phenoxy) is 1. The summed E-state index contributed by atoms with van der Waals surface area (Å²) in [6.45, 7) is 1.82. The van der Waals surface area contributed by atoms with E-state index in [-0.39, 0.29) is 23.8 Å². The highest BCUT2D eigenvalue weighted by molar-refractivity contribution is 5.89. The van der Waals surface area contributed by atoms with Crippen LogP contribution in [-0.4, -0.2) is 37.0 Å². The summed E-state index contributed by atoms with van der Waals surface area (Å²) in [7, 11) is 2.97. The van der Waals surface area contributed by atoms with Crippen molar-refractivity contribution in [2.75, 3.05) is 14.2 Å². The van der Waals surface area contributed by atoms with Crippen LogP contribution in [0.3, 0.4) is 0 Å². The fraction of sp³-hybridized carbons (Fsp3) is 0.750. The average molecular weight is 171 g/mol. The lowest BCUT2D eigenvalue weighted by Crippen LogP contribution is -2.36. The molecule has 1 aliphatic heterocycles. The highest BCUT2D eigenvalue weighted by Crippen LogP contribution is 2.22. The van der Waals surface area contributed by atoms with Crippen LogP contribution in [0.2, 0.25) is 0 Å². The summed E-state index contributed by atoms with van der Waals surface area (Å²) in [4.78, 5) is 23.8. The van der Waals surface area contributed by atoms with Crippen LogP contribution in [0.15, 0.2) is 0 Å². The van der Waals surface area contributed by atoms with E-state index in [1.807, 2.05) is 6.92 Å². The Kier molecular flexibility index (Phi) is 2.35. The summed E-state index contributed by atoms with van der Waals surface area (Å²) < 4.78 is 4.57. The quantitative estimate of drug-likeness (QED) is 0.523. The van der Waals surface area contributed by atoms with Gasteiger partial charge in [0, 0.05) is 13.0 Å². The lowest BCUT2D eigenvalue weighted by Gasteiger charge is -2.16. The molecule has 2 atom stereocenters. The molecule has 0 aromatic rings. The molecule has 2 unspecified atom stereocenters. The maximum Gasteiger partial charge on any atom is 0.328 e. The zero-order chi connectivity index (χ0) is 9.30. The lowest BCUT2D eigenvalue weighted by atomic mass is 10.1. The maximum absolute atomic E-state index is 11.3. The van der Waals surface area contributed by atoms with Gasteiger partial charge in [-0.05, 0) is 6.42 Å². The number of nitrogens with zero attached hydrogens (tertiary/aromatic N) is 1. The van der Waals surface area contributed by atoms with Crippen molar-refractivity contribution in [3.63, 3.8) is 0 Å². The van der Waals surface area contributed by atoms with Crippen molar-refractivity contribution in [3.05, 3.63) is 0 Å². The number of likely N-dealkylation sites (tertiary alicyclic amines) is 1. The van der Waals surface area contributed by atoms with Gasteiger partial charge in [0.2, 0.25) is 5.91 Å². The fourth-order valence-corrected chi connectivity index (χ4v) is 1.49. The van der Waals surface area contributed by atoms with E-state index in [9.17, 15) is 9.59 Å². The van der Waals surface area contributed by atoms with Crippen molar-refractivity contribution < 1.29 is 14.3 Å². The van der Waals surface area contributed by atoms with Crippen molar-refractivity contribution in [3.8, 4) is 0 Å². The van der Waals surface area contributed by atoms with E-state index in [2.05, 4.69) is 4.74 Å². The van der Waals surface area contributed by atoms with Gasteiger partial charge in [-0.3, -0.25) is 4.79 Å². The molecule has 1 aliphatic rings. The second-order valence-electron chi connectivity index (χ2n) is 3.12. The summed E-state index contributed by atoms with van der Waals surface area (Å²) in [6.07, 6.45) is 0.571. The largest absolute Gasteiger partial charge is 0.467 e. The Morgan fingerprint density at radius 1 is 1.67 bits per heavy atom. The molecule has 1 amide bonds. The third-order valence-corrected chi connectivity index (χ3v) is 2.29. The van der Waals surface area contributed by atoms with Gasteiger partial charge in [0.25, 0.3) is 0 Å². The topological polar surface area (TPSA) is 46.6 Å². The SMILES string of the molecule is COC(=O)C1CC(C)C(=O)N1C. The molecule has 0 aliphatic carbocycles. The summed E-state index contributed by atoms with van der Waals surface area (Å²) >= 11 is 0. The van der Waals surface area contributed by atoms with Gasteiger partial charge in [-0.25, -0.2) is 4.79 Å². The molecule has 68 valence electrons. The second kappa shape index (κ2) is 3.13. The Bertz CT molecular complexity index is 214. The van der Waals surface area contributed by atoms with Crippen LogP contribution in [0, 0.1) is 5.92 Å². The molecule has 0 aromatic heterocycles. The molecule has 4 nitrogen and oxygen atoms in total. The third kappa shape index (κ3) is 1.29. The smallest absolute Gasteiger partial charge is 0.328 e. The molecule has 0 aromatic carbocycles. The number of methoxy groups -OCH3 is 1. The van der Waals surface area contributed by atoms with Gasteiger partial charge in [0.1, 0.15) is 6.04 Å². The molecule has 0 N–H and O–H groups in total. The van der Waals surface area contributed by atoms with Crippen LogP contribution >= 0.6 is 0 Å². The van der Waals surface area contributed by atoms with Gasteiger partial charge in [0.15, 0.2) is 0 Å². The summed E-state index contributed by atoms with van der Waals surface area (Å²) in [5.74, 6) is -0.361. The Morgan fingerprint density at radius 3 is 2.58 bits per heavy atom. The van der Waals surface area contributed by atoms with Gasteiger partial charge in [0.05, 0.1) is 7.11 Å². The highest BCUT2D eigenvalue weighted by Gasteiger charge is 2.39. The molecule has 0 saturated carbocycles. The molecule has 1 rings (SSSR count). The molecule has 4 heteroatoms. The van der Waals surface area contributed by atoms with E-state index in [0.717, 1.165) is 0 Å². The zero-order valence-electron chi connectivity index (χ0n) is 7.53. The number of carbonyl (C=O) groups is 2. The Hall–Kier alpha value is -1.06. The second-order valence-corrected chi connectivity index (χ2v) is 3.12. The van der Waals surface area contributed by atoms with Crippen molar-refractivity contribution in [1.82, 2.24) is 4.90 Å². The first-order valence-electron chi connectivity index (χ1n) is 3.92. The number of amides is 1. The van der Waals surface area contributed by atoms with Gasteiger partial charge in [-0.15, -0.1) is 0 Å². The van der Waals surface area contributed by atoms with Gasteiger partial charge < -0.3 is 9.64 Å². The van der Waals surface area contributed by atoms with E-state index in [1.54, 1.807) is 7.05 Å². The van der Waals surface area contributed by atoms with Crippen molar-refractivity contribution >= 4 is 11.9 Å². The number of likely N-dealkylation sites (N-methyl/N-ethyl adjacent to an activating group) is 1. The highest BCUT2D eigenvalue weighted by atomic mass is 16.5. The summed E-state index contributed by atoms with van der Waals surface area (Å²) in [5.41, 5.74) is 0. The standard InChI is InChI=1S/C8H13NO3/c1-5-4-6(8(11)12-3)9(2)7(5)10/h5-6H,4H2,1-3H3. The molecular formula is C8H13NO3. The minimum absolute atomic E-state index is 0.0189. The van der Waals surface area contributed by atoms with Crippen molar-refractivity contribution in [2.45, 2.75) is 19.4 Å². The minimum Gasteiger partial charge on any atom is -0.467 e. The number of hydrogen-bond donors (Lipinski definition) is 0. The maximum atomic E-state index is 11.3. The first-order valence-corrected chi connectivity index (χ1v) is 3.92. The number of hydrogen-bond acceptors (Lipinski definition) is 3. The van der Waals surface area contributed by atoms with Crippen LogP contribution in [-0.2, 0) is 14.3 Å². The first kappa shape index (κ1) is 9.03. The molecule has 1 saturated heterocycles. The van der Waals surface area contributed by atoms with Crippen LogP contribution < -0.4 is 0 Å². The van der Waals surface area contributed by atoms with Gasteiger partial charge in [-0.1, -0.05) is 6.92 Å². The molecule has 0 radical (unpaired) electrons. The van der Waals surface area contributed by atoms with Crippen LogP contribution in [0.25, 0.3) is 0 Å². The van der Waals surface area contributed by atoms with Crippen molar-refractivity contribution in [2.24, 2.45) is 5.92 Å². The average Bonchev–Trinajstić information content (AvgIpc) is 2.32. The summed E-state index contributed by atoms with van der Waals surface area (Å²) in [5, 5.41) is 0. The summed E-state index contributed by atoms with van der Waals surface area (Å²) in [6, 6.07) is -0.377. The molecule has 1 heterocycles. The lowest BCUT2D eigenvalue weighted by molar-refractivity contribution is -0.148. The Morgan fingerprint density at radius 2 is 2.25 bits per heavy atom. The predicted octanol–water partition coefficient (Wildman–Crippen LogP) is 0.0262. The number of esters is 1. The molecule has 1 fully saturated rings. The monoisotopic (exact) mass is 171 g/mol. The van der Waals surface area contributed by atoms with E-state index in [4.69, 9.17) is 0 Å². The van der Waals surface area contributed by atoms with Crippen molar-refractivity contribution in [1.29, 1.82) is 0 Å². The molecule has 0 spiro atoms. The van der Waals surface area contributed by atoms with E-state index < -0.39 is 0 Å². The first-order chi connectivity index (χ1) is 5.57. The number of carbonyl (C=O) groups excluding carboxylic acids is 2. The van der Waals surface area contributed by atoms with Crippen LogP contribution in [0.1, 0.15) is 13.3 Å². The Labute approximate surface area is 71.5 Å². The normalized spacial score (nSPS) is 29.2.